The molecule has 0 fully saturated rings. The summed E-state index contributed by atoms with van der Waals surface area (Å²) in [6.07, 6.45) is 0. The van der Waals surface area contributed by atoms with Gasteiger partial charge in [-0.2, -0.15) is 0 Å². The lowest BCUT2D eigenvalue weighted by Gasteiger charge is -2.18. The summed E-state index contributed by atoms with van der Waals surface area (Å²) in [5.41, 5.74) is -1.37. The Bertz CT molecular complexity index is 907. The topological polar surface area (TPSA) is 116 Å². The van der Waals surface area contributed by atoms with E-state index in [-0.39, 0.29) is 36.0 Å². The lowest BCUT2D eigenvalue weighted by atomic mass is 10.1. The number of benzene rings is 1. The van der Waals surface area contributed by atoms with Crippen molar-refractivity contribution in [3.05, 3.63) is 41.1 Å². The van der Waals surface area contributed by atoms with Crippen molar-refractivity contribution in [2.24, 2.45) is 0 Å². The van der Waals surface area contributed by atoms with Gasteiger partial charge in [-0.05, 0) is 26.0 Å². The second kappa shape index (κ2) is 6.88. The van der Waals surface area contributed by atoms with E-state index >= 15 is 0 Å². The molecule has 0 bridgehead atoms. The third-order valence-corrected chi connectivity index (χ3v) is 3.73. The van der Waals surface area contributed by atoms with Crippen LogP contribution in [0.25, 0.3) is 11.4 Å². The van der Waals surface area contributed by atoms with Gasteiger partial charge in [0.15, 0.2) is 11.6 Å². The fourth-order valence-corrected chi connectivity index (χ4v) is 2.49. The van der Waals surface area contributed by atoms with Crippen molar-refractivity contribution in [2.45, 2.75) is 26.0 Å². The average molecular weight is 377 g/mol. The van der Waals surface area contributed by atoms with Crippen molar-refractivity contribution >= 4 is 17.8 Å². The molecule has 1 aromatic carbocycles. The fraction of sp³-hybridized carbons (Fsp3) is 0.294. The molecule has 1 aliphatic heterocycles. The van der Waals surface area contributed by atoms with E-state index < -0.39 is 34.7 Å². The number of aromatic nitrogens is 2. The highest BCUT2D eigenvalue weighted by molar-refractivity contribution is 6.05. The molecule has 0 saturated heterocycles. The SMILES string of the molecule is CC(C)(O)CNC(=O)Nc1nc(-c2c(F)cccc2F)nc2c1C(=O)NC2. The van der Waals surface area contributed by atoms with E-state index in [0.29, 0.717) is 0 Å². The van der Waals surface area contributed by atoms with Gasteiger partial charge in [0.25, 0.3) is 5.91 Å². The predicted octanol–water partition coefficient (Wildman–Crippen LogP) is 1.56. The fourth-order valence-electron chi connectivity index (χ4n) is 2.49. The number of nitrogens with one attached hydrogen (secondary N) is 3. The maximum Gasteiger partial charge on any atom is 0.320 e. The number of nitrogens with zero attached hydrogens (tertiary/aromatic N) is 2. The first-order valence-electron chi connectivity index (χ1n) is 8.06. The third-order valence-electron chi connectivity index (χ3n) is 3.73. The van der Waals surface area contributed by atoms with E-state index in [2.05, 4.69) is 25.9 Å². The molecule has 0 aliphatic carbocycles. The van der Waals surface area contributed by atoms with Crippen LogP contribution in [-0.4, -0.2) is 39.2 Å². The molecule has 0 spiro atoms. The number of halogens is 2. The van der Waals surface area contributed by atoms with E-state index in [1.807, 2.05) is 0 Å². The quantitative estimate of drug-likeness (QED) is 0.645. The lowest BCUT2D eigenvalue weighted by molar-refractivity contribution is 0.0825. The molecule has 4 N–H and O–H groups in total. The molecule has 0 atom stereocenters. The Morgan fingerprint density at radius 3 is 2.56 bits per heavy atom. The van der Waals surface area contributed by atoms with Gasteiger partial charge in [-0.3, -0.25) is 10.1 Å². The van der Waals surface area contributed by atoms with Crippen LogP contribution in [0.1, 0.15) is 29.9 Å². The molecule has 27 heavy (non-hydrogen) atoms. The van der Waals surface area contributed by atoms with Crippen LogP contribution in [0.4, 0.5) is 19.4 Å². The first-order chi connectivity index (χ1) is 12.7. The summed E-state index contributed by atoms with van der Waals surface area (Å²) in [6, 6.07) is 2.58. The van der Waals surface area contributed by atoms with E-state index in [0.717, 1.165) is 12.1 Å². The number of hydrogen-bond donors (Lipinski definition) is 4. The number of fused-ring (bicyclic) bond motifs is 1. The minimum absolute atomic E-state index is 0.0221. The molecule has 1 aliphatic rings. The van der Waals surface area contributed by atoms with E-state index in [1.54, 1.807) is 0 Å². The minimum atomic E-state index is -1.15. The van der Waals surface area contributed by atoms with E-state index in [9.17, 15) is 23.5 Å². The predicted molar refractivity (Wildman–Crippen MR) is 91.9 cm³/mol. The zero-order chi connectivity index (χ0) is 19.8. The molecule has 10 heteroatoms. The Labute approximate surface area is 153 Å². The highest BCUT2D eigenvalue weighted by Gasteiger charge is 2.29. The molecule has 142 valence electrons. The number of aliphatic hydroxyl groups is 1. The monoisotopic (exact) mass is 377 g/mol. The van der Waals surface area contributed by atoms with E-state index in [1.165, 1.54) is 19.9 Å². The van der Waals surface area contributed by atoms with Crippen LogP contribution in [0.2, 0.25) is 0 Å². The maximum atomic E-state index is 14.1. The number of carbonyl (C=O) groups excluding carboxylic acids is 2. The summed E-state index contributed by atoms with van der Waals surface area (Å²) in [6.45, 7) is 2.98. The van der Waals surface area contributed by atoms with Crippen molar-refractivity contribution in [3.63, 3.8) is 0 Å². The molecule has 2 aromatic rings. The van der Waals surface area contributed by atoms with Crippen LogP contribution in [0.15, 0.2) is 18.2 Å². The smallest absolute Gasteiger partial charge is 0.320 e. The van der Waals surface area contributed by atoms with E-state index in [4.69, 9.17) is 0 Å². The largest absolute Gasteiger partial charge is 0.389 e. The molecular weight excluding hydrogens is 360 g/mol. The van der Waals surface area contributed by atoms with Crippen LogP contribution in [0.5, 0.6) is 0 Å². The van der Waals surface area contributed by atoms with Crippen molar-refractivity contribution < 1.29 is 23.5 Å². The molecule has 3 rings (SSSR count). The Hall–Kier alpha value is -3.14. The zero-order valence-electron chi connectivity index (χ0n) is 14.6. The first-order valence-corrected chi connectivity index (χ1v) is 8.06. The minimum Gasteiger partial charge on any atom is -0.389 e. The van der Waals surface area contributed by atoms with Gasteiger partial charge in [0, 0.05) is 6.54 Å². The highest BCUT2D eigenvalue weighted by atomic mass is 19.1. The highest BCUT2D eigenvalue weighted by Crippen LogP contribution is 2.28. The third kappa shape index (κ3) is 4.00. The van der Waals surface area contributed by atoms with Crippen LogP contribution in [-0.2, 0) is 6.54 Å². The average Bonchev–Trinajstić information content (AvgIpc) is 2.94. The number of urea groups is 1. The summed E-state index contributed by atoms with van der Waals surface area (Å²) in [7, 11) is 0. The van der Waals surface area contributed by atoms with Gasteiger partial charge >= 0.3 is 6.03 Å². The number of hydrogen-bond acceptors (Lipinski definition) is 5. The van der Waals surface area contributed by atoms with Crippen molar-refractivity contribution in [2.75, 3.05) is 11.9 Å². The van der Waals surface area contributed by atoms with Gasteiger partial charge in [-0.15, -0.1) is 0 Å². The van der Waals surface area contributed by atoms with Crippen LogP contribution in [0.3, 0.4) is 0 Å². The summed E-state index contributed by atoms with van der Waals surface area (Å²) >= 11 is 0. The zero-order valence-corrected chi connectivity index (χ0v) is 14.6. The summed E-state index contributed by atoms with van der Waals surface area (Å²) in [4.78, 5) is 32.1. The number of rotatable bonds is 4. The second-order valence-electron chi connectivity index (χ2n) is 6.62. The normalized spacial score (nSPS) is 13.1. The molecule has 0 radical (unpaired) electrons. The number of amides is 3. The second-order valence-corrected chi connectivity index (χ2v) is 6.62. The van der Waals surface area contributed by atoms with Crippen molar-refractivity contribution in [1.29, 1.82) is 0 Å². The Morgan fingerprint density at radius 1 is 1.26 bits per heavy atom. The van der Waals surface area contributed by atoms with Crippen molar-refractivity contribution in [3.8, 4) is 11.4 Å². The number of anilines is 1. The summed E-state index contributed by atoms with van der Waals surface area (Å²) in [5.74, 6) is -2.72. The molecular formula is C17H17F2N5O3. The number of carbonyl (C=O) groups is 2. The van der Waals surface area contributed by atoms with Crippen molar-refractivity contribution in [1.82, 2.24) is 20.6 Å². The van der Waals surface area contributed by atoms with Gasteiger partial charge in [0.1, 0.15) is 17.2 Å². The molecule has 0 unspecified atom stereocenters. The maximum absolute atomic E-state index is 14.1. The van der Waals surface area contributed by atoms with Gasteiger partial charge in [-0.25, -0.2) is 23.5 Å². The van der Waals surface area contributed by atoms with Crippen LogP contribution >= 0.6 is 0 Å². The molecule has 2 heterocycles. The van der Waals surface area contributed by atoms with Gasteiger partial charge in [0.05, 0.1) is 23.4 Å². The Balaban J connectivity index is 1.99. The van der Waals surface area contributed by atoms with Gasteiger partial charge in [-0.1, -0.05) is 6.07 Å². The summed E-state index contributed by atoms with van der Waals surface area (Å²) < 4.78 is 28.2. The molecule has 1 aromatic heterocycles. The summed E-state index contributed by atoms with van der Waals surface area (Å²) in [5, 5.41) is 17.0. The molecule has 0 saturated carbocycles. The Kier molecular flexibility index (Phi) is 4.75. The molecule has 8 nitrogen and oxygen atoms in total. The lowest BCUT2D eigenvalue weighted by Crippen LogP contribution is -2.40. The molecule has 3 amide bonds. The van der Waals surface area contributed by atoms with Crippen LogP contribution in [0, 0.1) is 11.6 Å². The standard InChI is InChI=1S/C17H17F2N5O3/c1-17(2,27)7-21-16(26)24-14-12-10(6-20-15(12)25)22-13(23-14)11-8(18)4-3-5-9(11)19/h3-5,27H,6-7H2,1-2H3,(H,20,25)(H2,21,22,23,24,26). The Morgan fingerprint density at radius 2 is 1.93 bits per heavy atom. The van der Waals surface area contributed by atoms with Gasteiger partial charge < -0.3 is 15.7 Å². The van der Waals surface area contributed by atoms with Crippen LogP contribution < -0.4 is 16.0 Å². The first kappa shape index (κ1) is 18.6. The van der Waals surface area contributed by atoms with Gasteiger partial charge in [0.2, 0.25) is 0 Å².